The van der Waals surface area contributed by atoms with Crippen LogP contribution in [0.2, 0.25) is 0 Å². The molecule has 0 saturated heterocycles. The van der Waals surface area contributed by atoms with E-state index < -0.39 is 0 Å². The van der Waals surface area contributed by atoms with Gasteiger partial charge in [-0.3, -0.25) is 9.97 Å². The molecule has 296 valence electrons. The predicted octanol–water partition coefficient (Wildman–Crippen LogP) is 15.3. The first kappa shape index (κ1) is 35.9. The lowest BCUT2D eigenvalue weighted by atomic mass is 9.80. The zero-order valence-electron chi connectivity index (χ0n) is 35.5. The molecular formula is C59H40N4. The summed E-state index contributed by atoms with van der Waals surface area (Å²) in [6, 6.07) is 57.9. The maximum absolute atomic E-state index is 5.22. The summed E-state index contributed by atoms with van der Waals surface area (Å²) in [5.41, 5.74) is 17.9. The largest absolute Gasteiger partial charge is 0.254 e. The Bertz CT molecular complexity index is 3970. The second-order valence-corrected chi connectivity index (χ2v) is 17.9. The van der Waals surface area contributed by atoms with Gasteiger partial charge in [0.1, 0.15) is 0 Å². The number of fused-ring (bicyclic) bond motifs is 15. The van der Waals surface area contributed by atoms with E-state index in [-0.39, 0.29) is 5.41 Å². The molecule has 0 spiro atoms. The second kappa shape index (κ2) is 13.1. The van der Waals surface area contributed by atoms with Gasteiger partial charge in [0.05, 0.1) is 33.5 Å². The highest BCUT2D eigenvalue weighted by Crippen LogP contribution is 2.52. The van der Waals surface area contributed by atoms with Crippen LogP contribution in [0.3, 0.4) is 0 Å². The number of aromatic nitrogens is 4. The first-order valence-electron chi connectivity index (χ1n) is 21.8. The zero-order chi connectivity index (χ0) is 42.1. The number of benzene rings is 8. The first-order valence-corrected chi connectivity index (χ1v) is 21.8. The van der Waals surface area contributed by atoms with Crippen LogP contribution in [0.1, 0.15) is 36.1 Å². The Morgan fingerprint density at radius 1 is 0.349 bits per heavy atom. The molecule has 0 atom stereocenters. The molecule has 13 rings (SSSR count). The van der Waals surface area contributed by atoms with Crippen LogP contribution in [-0.4, -0.2) is 19.9 Å². The molecule has 0 aliphatic heterocycles. The van der Waals surface area contributed by atoms with Gasteiger partial charge in [0, 0.05) is 50.5 Å². The van der Waals surface area contributed by atoms with Crippen molar-refractivity contribution in [1.29, 1.82) is 0 Å². The summed E-state index contributed by atoms with van der Waals surface area (Å²) in [6.45, 7) is 9.18. The van der Waals surface area contributed by atoms with Crippen LogP contribution < -0.4 is 0 Å². The third kappa shape index (κ3) is 5.28. The van der Waals surface area contributed by atoms with Crippen molar-refractivity contribution in [2.24, 2.45) is 0 Å². The molecule has 0 amide bonds. The van der Waals surface area contributed by atoms with Crippen molar-refractivity contribution in [3.63, 3.8) is 0 Å². The highest BCUT2D eigenvalue weighted by Gasteiger charge is 2.36. The van der Waals surface area contributed by atoms with E-state index in [4.69, 9.17) is 19.9 Å². The third-order valence-electron chi connectivity index (χ3n) is 13.9. The Morgan fingerprint density at radius 3 is 1.57 bits per heavy atom. The highest BCUT2D eigenvalue weighted by atomic mass is 14.8. The van der Waals surface area contributed by atoms with Crippen LogP contribution in [0, 0.1) is 13.8 Å². The molecular weight excluding hydrogens is 765 g/mol. The fourth-order valence-electron chi connectivity index (χ4n) is 10.7. The Kier molecular flexibility index (Phi) is 7.46. The van der Waals surface area contributed by atoms with E-state index in [1.807, 2.05) is 24.5 Å². The molecule has 0 fully saturated rings. The molecule has 4 heterocycles. The molecule has 4 aromatic heterocycles. The summed E-state index contributed by atoms with van der Waals surface area (Å²) in [5, 5.41) is 12.1. The minimum absolute atomic E-state index is 0.211. The Balaban J connectivity index is 0.925. The molecule has 1 aliphatic rings. The summed E-state index contributed by atoms with van der Waals surface area (Å²) in [4.78, 5) is 19.8. The van der Waals surface area contributed by atoms with E-state index in [2.05, 4.69) is 173 Å². The monoisotopic (exact) mass is 804 g/mol. The topological polar surface area (TPSA) is 51.6 Å². The standard InChI is InChI=1S/C59H40N4/c1-33-28-46(54-24-20-38-16-14-36-10-8-26-61-56(36)58(38)63-54)34(2)27-45(33)39-17-21-43-47(29-39)41-11-5-6-12-42(41)48-31-50-44-22-18-40(30-51(44)59(3,4)52(50)32-49(43)48)53-23-19-37-15-13-35-9-7-25-60-55(35)57(37)62-53/h5-32H,1-4H3. The summed E-state index contributed by atoms with van der Waals surface area (Å²) in [7, 11) is 0. The third-order valence-corrected chi connectivity index (χ3v) is 13.9. The van der Waals surface area contributed by atoms with Gasteiger partial charge < -0.3 is 0 Å². The average Bonchev–Trinajstić information content (AvgIpc) is 3.55. The summed E-state index contributed by atoms with van der Waals surface area (Å²) < 4.78 is 0. The molecule has 63 heavy (non-hydrogen) atoms. The van der Waals surface area contributed by atoms with Crippen LogP contribution in [0.15, 0.2) is 170 Å². The van der Waals surface area contributed by atoms with Crippen molar-refractivity contribution in [1.82, 2.24) is 19.9 Å². The molecule has 0 saturated carbocycles. The van der Waals surface area contributed by atoms with Crippen LogP contribution in [0.4, 0.5) is 0 Å². The summed E-state index contributed by atoms with van der Waals surface area (Å²) in [6.07, 6.45) is 3.70. The van der Waals surface area contributed by atoms with Gasteiger partial charge >= 0.3 is 0 Å². The Morgan fingerprint density at radius 2 is 0.873 bits per heavy atom. The minimum Gasteiger partial charge on any atom is -0.254 e. The summed E-state index contributed by atoms with van der Waals surface area (Å²) >= 11 is 0. The number of pyridine rings is 4. The van der Waals surface area contributed by atoms with Crippen LogP contribution in [-0.2, 0) is 5.41 Å². The van der Waals surface area contributed by atoms with Crippen molar-refractivity contribution in [2.45, 2.75) is 33.1 Å². The van der Waals surface area contributed by atoms with Crippen molar-refractivity contribution in [2.75, 3.05) is 0 Å². The van der Waals surface area contributed by atoms with Gasteiger partial charge in [0.25, 0.3) is 0 Å². The predicted molar refractivity (Wildman–Crippen MR) is 264 cm³/mol. The molecule has 0 unspecified atom stereocenters. The maximum atomic E-state index is 5.22. The van der Waals surface area contributed by atoms with Gasteiger partial charge in [0.15, 0.2) is 0 Å². The lowest BCUT2D eigenvalue weighted by Gasteiger charge is -2.23. The lowest BCUT2D eigenvalue weighted by Crippen LogP contribution is -2.15. The van der Waals surface area contributed by atoms with E-state index in [0.29, 0.717) is 0 Å². The average molecular weight is 805 g/mol. The van der Waals surface area contributed by atoms with Gasteiger partial charge in [-0.15, -0.1) is 0 Å². The van der Waals surface area contributed by atoms with Crippen molar-refractivity contribution in [3.8, 4) is 44.8 Å². The van der Waals surface area contributed by atoms with E-state index in [1.54, 1.807) is 0 Å². The number of nitrogens with zero attached hydrogens (tertiary/aromatic N) is 4. The van der Waals surface area contributed by atoms with Gasteiger partial charge in [-0.25, -0.2) is 9.97 Å². The van der Waals surface area contributed by atoms with Gasteiger partial charge in [-0.1, -0.05) is 117 Å². The SMILES string of the molecule is Cc1cc(-c2ccc3ccc4cccnc4c3n2)c(C)cc1-c1ccc2c(c1)c1ccccc1c1cc3c(cc21)C(C)(C)c1cc(-c2ccc4ccc5cccnc5c4n2)ccc1-3. The second-order valence-electron chi connectivity index (χ2n) is 17.9. The van der Waals surface area contributed by atoms with E-state index in [0.717, 1.165) is 66.1 Å². The van der Waals surface area contributed by atoms with Crippen LogP contribution >= 0.6 is 0 Å². The normalized spacial score (nSPS) is 13.2. The molecule has 8 aromatic carbocycles. The van der Waals surface area contributed by atoms with Crippen molar-refractivity contribution < 1.29 is 0 Å². The molecule has 1 aliphatic carbocycles. The summed E-state index contributed by atoms with van der Waals surface area (Å²) in [5.74, 6) is 0. The fourth-order valence-corrected chi connectivity index (χ4v) is 10.7. The number of hydrogen-bond acceptors (Lipinski definition) is 4. The molecule has 0 bridgehead atoms. The lowest BCUT2D eigenvalue weighted by molar-refractivity contribution is 0.661. The molecule has 12 aromatic rings. The van der Waals surface area contributed by atoms with Crippen LogP contribution in [0.5, 0.6) is 0 Å². The molecule has 0 N–H and O–H groups in total. The minimum atomic E-state index is -0.211. The maximum Gasteiger partial charge on any atom is 0.0972 e. The fraction of sp³-hybridized carbons (Fsp3) is 0.0847. The van der Waals surface area contributed by atoms with Crippen LogP contribution in [0.25, 0.3) is 121 Å². The van der Waals surface area contributed by atoms with Gasteiger partial charge in [-0.2, -0.15) is 0 Å². The Hall–Kier alpha value is -7.82. The van der Waals surface area contributed by atoms with E-state index >= 15 is 0 Å². The van der Waals surface area contributed by atoms with Crippen molar-refractivity contribution in [3.05, 3.63) is 192 Å². The number of hydrogen-bond donors (Lipinski definition) is 0. The zero-order valence-corrected chi connectivity index (χ0v) is 35.5. The van der Waals surface area contributed by atoms with Gasteiger partial charge in [0.2, 0.25) is 0 Å². The number of aryl methyl sites for hydroxylation is 2. The molecule has 0 radical (unpaired) electrons. The van der Waals surface area contributed by atoms with Gasteiger partial charge in [-0.05, 0) is 145 Å². The smallest absolute Gasteiger partial charge is 0.0972 e. The van der Waals surface area contributed by atoms with E-state index in [9.17, 15) is 0 Å². The number of rotatable bonds is 3. The van der Waals surface area contributed by atoms with E-state index in [1.165, 1.54) is 76.8 Å². The molecule has 4 nitrogen and oxygen atoms in total. The quantitative estimate of drug-likeness (QED) is 0.167. The first-order chi connectivity index (χ1) is 30.8. The molecule has 4 heteroatoms. The highest BCUT2D eigenvalue weighted by molar-refractivity contribution is 6.26. The Labute approximate surface area is 364 Å². The van der Waals surface area contributed by atoms with Crippen molar-refractivity contribution >= 4 is 75.9 Å².